The summed E-state index contributed by atoms with van der Waals surface area (Å²) in [7, 11) is 0. The maximum atomic E-state index is 13.8. The number of carbonyl (C=O) groups is 2. The maximum Gasteiger partial charge on any atom is 0.246 e. The fourth-order valence-electron chi connectivity index (χ4n) is 7.37. The summed E-state index contributed by atoms with van der Waals surface area (Å²) in [5, 5.41) is 3.25. The van der Waals surface area contributed by atoms with Gasteiger partial charge in [0.05, 0.1) is 35.9 Å². The molecule has 3 N–H and O–H groups in total. The van der Waals surface area contributed by atoms with E-state index in [0.29, 0.717) is 18.4 Å². The molecule has 2 saturated heterocycles. The molecule has 270 valence electrons. The Morgan fingerprint density at radius 2 is 1.12 bits per heavy atom. The first-order valence-electron chi connectivity index (χ1n) is 18.6. The van der Waals surface area contributed by atoms with Gasteiger partial charge >= 0.3 is 0 Å². The van der Waals surface area contributed by atoms with Gasteiger partial charge < -0.3 is 25.1 Å². The third-order valence-electron chi connectivity index (χ3n) is 10.8. The van der Waals surface area contributed by atoms with Gasteiger partial charge in [-0.1, -0.05) is 83.1 Å². The Kier molecular flexibility index (Phi) is 10.2. The van der Waals surface area contributed by atoms with Gasteiger partial charge in [-0.15, -0.1) is 0 Å². The fraction of sp³-hybridized carbons (Fsp3) is 0.415. The number of aromatic nitrogens is 6. The molecule has 2 aromatic carbocycles. The number of amides is 2. The van der Waals surface area contributed by atoms with Gasteiger partial charge in [-0.05, 0) is 65.8 Å². The van der Waals surface area contributed by atoms with E-state index in [1.165, 1.54) is 0 Å². The Balaban J connectivity index is 1.00. The number of nitrogens with zero attached hydrogens (tertiary/aromatic N) is 6. The highest BCUT2D eigenvalue weighted by atomic mass is 16.2. The van der Waals surface area contributed by atoms with E-state index in [0.717, 1.165) is 77.5 Å². The number of hydrogen-bond acceptors (Lipinski definition) is 7. The van der Waals surface area contributed by atoms with Crippen LogP contribution in [0.5, 0.6) is 0 Å². The van der Waals surface area contributed by atoms with Crippen LogP contribution in [0.2, 0.25) is 0 Å². The molecule has 5 heterocycles. The molecule has 4 atom stereocenters. The fourth-order valence-corrected chi connectivity index (χ4v) is 7.37. The van der Waals surface area contributed by atoms with Crippen molar-refractivity contribution >= 4 is 17.8 Å². The molecule has 5 aromatic rings. The Bertz CT molecular complexity index is 1970. The molecule has 0 spiro atoms. The second kappa shape index (κ2) is 15.1. The number of anilines is 1. The molecule has 0 aliphatic carbocycles. The van der Waals surface area contributed by atoms with Crippen LogP contribution in [-0.4, -0.2) is 70.6 Å². The third-order valence-corrected chi connectivity index (χ3v) is 10.8. The lowest BCUT2D eigenvalue weighted by molar-refractivity contribution is -0.137. The van der Waals surface area contributed by atoms with Gasteiger partial charge in [0.1, 0.15) is 17.7 Å². The van der Waals surface area contributed by atoms with Crippen LogP contribution in [0.4, 0.5) is 5.95 Å². The molecule has 52 heavy (non-hydrogen) atoms. The minimum absolute atomic E-state index is 0.000721. The summed E-state index contributed by atoms with van der Waals surface area (Å²) in [6, 6.07) is 18.1. The molecule has 11 nitrogen and oxygen atoms in total. The Labute approximate surface area is 305 Å². The zero-order valence-electron chi connectivity index (χ0n) is 30.7. The molecule has 2 amide bonds. The van der Waals surface area contributed by atoms with Gasteiger partial charge in [0.2, 0.25) is 17.8 Å². The zero-order chi connectivity index (χ0) is 36.4. The summed E-state index contributed by atoms with van der Waals surface area (Å²) < 4.78 is 0. The van der Waals surface area contributed by atoms with Crippen molar-refractivity contribution in [2.24, 2.45) is 17.8 Å². The first kappa shape index (κ1) is 35.1. The summed E-state index contributed by atoms with van der Waals surface area (Å²) in [5.41, 5.74) is 6.19. The normalized spacial score (nSPS) is 18.7. The van der Waals surface area contributed by atoms with Crippen LogP contribution in [0.25, 0.3) is 33.6 Å². The Hall–Kier alpha value is -5.32. The van der Waals surface area contributed by atoms with Crippen LogP contribution in [0.1, 0.15) is 84.0 Å². The summed E-state index contributed by atoms with van der Waals surface area (Å²) in [6.07, 6.45) is 10.8. The van der Waals surface area contributed by atoms with Crippen LogP contribution in [0, 0.1) is 17.8 Å². The molecular weight excluding hydrogens is 651 g/mol. The lowest BCUT2D eigenvalue weighted by Crippen LogP contribution is -2.45. The number of nitrogens with one attached hydrogen (secondary N) is 3. The van der Waals surface area contributed by atoms with Crippen LogP contribution >= 0.6 is 0 Å². The minimum atomic E-state index is -0.436. The Morgan fingerprint density at radius 1 is 0.654 bits per heavy atom. The number of likely N-dealkylation sites (tertiary alicyclic amines) is 2. The van der Waals surface area contributed by atoms with Crippen molar-refractivity contribution in [1.82, 2.24) is 39.7 Å². The van der Waals surface area contributed by atoms with Crippen molar-refractivity contribution < 1.29 is 9.59 Å². The van der Waals surface area contributed by atoms with E-state index in [4.69, 9.17) is 9.97 Å². The van der Waals surface area contributed by atoms with E-state index in [-0.39, 0.29) is 35.7 Å². The maximum absolute atomic E-state index is 13.8. The number of aromatic amines is 2. The highest BCUT2D eigenvalue weighted by Gasteiger charge is 2.37. The Morgan fingerprint density at radius 3 is 1.58 bits per heavy atom. The third kappa shape index (κ3) is 7.22. The minimum Gasteiger partial charge on any atom is -0.342 e. The molecule has 0 bridgehead atoms. The SMILES string of the molecule is CC(C)[C@H](C)C(=O)N1CCC[C@H]1c1ncc(-c2ccc(-c3ccc(-c4cnc([C@@H]5CCCN5C(=O)[C@@H](Nc5ncccn5)C(C)C)[nH]4)cc3)cc2)[nH]1. The molecule has 2 aliphatic rings. The van der Waals surface area contributed by atoms with Gasteiger partial charge in [0.15, 0.2) is 0 Å². The van der Waals surface area contributed by atoms with E-state index in [9.17, 15) is 9.59 Å². The van der Waals surface area contributed by atoms with Gasteiger partial charge in [0, 0.05) is 31.4 Å². The average Bonchev–Trinajstić information content (AvgIpc) is 4.00. The van der Waals surface area contributed by atoms with Crippen molar-refractivity contribution in [1.29, 1.82) is 0 Å². The molecule has 0 radical (unpaired) electrons. The van der Waals surface area contributed by atoms with Crippen molar-refractivity contribution in [2.75, 3.05) is 18.4 Å². The van der Waals surface area contributed by atoms with E-state index in [1.807, 2.05) is 43.0 Å². The molecule has 11 heteroatoms. The smallest absolute Gasteiger partial charge is 0.246 e. The predicted octanol–water partition coefficient (Wildman–Crippen LogP) is 7.68. The zero-order valence-corrected chi connectivity index (χ0v) is 30.7. The van der Waals surface area contributed by atoms with E-state index in [2.05, 4.69) is 87.6 Å². The molecule has 2 fully saturated rings. The number of carbonyl (C=O) groups excluding carboxylic acids is 2. The van der Waals surface area contributed by atoms with Crippen molar-refractivity contribution in [2.45, 2.75) is 78.4 Å². The van der Waals surface area contributed by atoms with Gasteiger partial charge in [-0.2, -0.15) is 0 Å². The van der Waals surface area contributed by atoms with Gasteiger partial charge in [0.25, 0.3) is 0 Å². The van der Waals surface area contributed by atoms with Crippen LogP contribution in [-0.2, 0) is 9.59 Å². The highest BCUT2D eigenvalue weighted by Crippen LogP contribution is 2.35. The monoisotopic (exact) mass is 699 g/mol. The van der Waals surface area contributed by atoms with Crippen LogP contribution in [0.3, 0.4) is 0 Å². The second-order valence-corrected chi connectivity index (χ2v) is 14.9. The largest absolute Gasteiger partial charge is 0.342 e. The lowest BCUT2D eigenvalue weighted by atomic mass is 9.96. The average molecular weight is 700 g/mol. The summed E-state index contributed by atoms with van der Waals surface area (Å²) in [6.45, 7) is 11.8. The number of rotatable bonds is 11. The number of hydrogen-bond donors (Lipinski definition) is 3. The van der Waals surface area contributed by atoms with E-state index in [1.54, 1.807) is 18.5 Å². The number of imidazole rings is 2. The quantitative estimate of drug-likeness (QED) is 0.129. The molecule has 7 rings (SSSR count). The van der Waals surface area contributed by atoms with E-state index < -0.39 is 6.04 Å². The summed E-state index contributed by atoms with van der Waals surface area (Å²) in [4.78, 5) is 56.0. The van der Waals surface area contributed by atoms with Crippen molar-refractivity contribution in [3.05, 3.63) is 91.0 Å². The van der Waals surface area contributed by atoms with Crippen molar-refractivity contribution in [3.63, 3.8) is 0 Å². The molecule has 2 aliphatic heterocycles. The summed E-state index contributed by atoms with van der Waals surface area (Å²) in [5.74, 6) is 2.74. The molecule has 3 aromatic heterocycles. The first-order chi connectivity index (χ1) is 25.2. The second-order valence-electron chi connectivity index (χ2n) is 14.9. The van der Waals surface area contributed by atoms with E-state index >= 15 is 0 Å². The van der Waals surface area contributed by atoms with Crippen LogP contribution in [0.15, 0.2) is 79.4 Å². The predicted molar refractivity (Wildman–Crippen MR) is 203 cm³/mol. The number of H-pyrrole nitrogens is 2. The topological polar surface area (TPSA) is 136 Å². The van der Waals surface area contributed by atoms with Gasteiger partial charge in [-0.3, -0.25) is 9.59 Å². The molecule has 0 saturated carbocycles. The first-order valence-corrected chi connectivity index (χ1v) is 18.6. The van der Waals surface area contributed by atoms with Crippen molar-refractivity contribution in [3.8, 4) is 33.6 Å². The van der Waals surface area contributed by atoms with Gasteiger partial charge in [-0.25, -0.2) is 19.9 Å². The lowest BCUT2D eigenvalue weighted by Gasteiger charge is -2.30. The molecular formula is C41H49N9O2. The summed E-state index contributed by atoms with van der Waals surface area (Å²) >= 11 is 0. The highest BCUT2D eigenvalue weighted by molar-refractivity contribution is 5.85. The number of benzene rings is 2. The van der Waals surface area contributed by atoms with Crippen LogP contribution < -0.4 is 5.32 Å². The molecule has 0 unspecified atom stereocenters. The standard InChI is InChI=1S/C41H49N9O2/c1-25(2)27(5)39(51)49-21-6-9-34(49)37-44-23-32(46-37)30-15-11-28(12-16-30)29-13-17-31(18-14-29)33-24-45-38(47-33)35-10-7-22-50(35)40(52)36(26(3)4)48-41-42-19-8-20-43-41/h8,11-20,23-27,34-36H,6-7,9-10,21-22H2,1-5H3,(H,44,46)(H,45,47)(H,42,43,48)/t27-,34-,35-,36-/m0/s1.